The minimum absolute atomic E-state index is 0.0526. The summed E-state index contributed by atoms with van der Waals surface area (Å²) in [6.45, 7) is 0.331. The molecule has 8 heteroatoms. The van der Waals surface area contributed by atoms with Gasteiger partial charge < -0.3 is 9.64 Å². The molecule has 2 aromatic heterocycles. The van der Waals surface area contributed by atoms with Crippen molar-refractivity contribution in [2.75, 3.05) is 19.9 Å². The topological polar surface area (TPSA) is 55.3 Å². The van der Waals surface area contributed by atoms with Crippen molar-refractivity contribution < 1.29 is 13.9 Å². The quantitative estimate of drug-likeness (QED) is 0.485. The summed E-state index contributed by atoms with van der Waals surface area (Å²) in [5, 5.41) is 3.71. The van der Waals surface area contributed by atoms with Gasteiger partial charge >= 0.3 is 0 Å². The van der Waals surface area contributed by atoms with Gasteiger partial charge in [-0.15, -0.1) is 11.3 Å². The first-order chi connectivity index (χ1) is 12.1. The molecule has 0 aliphatic heterocycles. The van der Waals surface area contributed by atoms with Gasteiger partial charge in [0.1, 0.15) is 16.2 Å². The maximum absolute atomic E-state index is 13.7. The number of fused-ring (bicyclic) bond motifs is 1. The Morgan fingerprint density at radius 2 is 2.20 bits per heavy atom. The highest BCUT2D eigenvalue weighted by Crippen LogP contribution is 2.27. The summed E-state index contributed by atoms with van der Waals surface area (Å²) in [7, 11) is 3.12. The van der Waals surface area contributed by atoms with Gasteiger partial charge in [0, 0.05) is 19.0 Å². The van der Waals surface area contributed by atoms with E-state index in [2.05, 4.69) is 9.97 Å². The zero-order valence-electron chi connectivity index (χ0n) is 13.7. The van der Waals surface area contributed by atoms with E-state index in [0.717, 1.165) is 15.2 Å². The second-order valence-corrected chi connectivity index (χ2v) is 7.18. The predicted octanol–water partition coefficient (Wildman–Crippen LogP) is 3.59. The number of thioether (sulfide) groups is 1. The average Bonchev–Trinajstić information content (AvgIpc) is 3.09. The molecule has 0 saturated heterocycles. The van der Waals surface area contributed by atoms with Crippen LogP contribution in [0.3, 0.4) is 0 Å². The number of halogens is 1. The molecule has 0 aliphatic rings. The molecule has 0 atom stereocenters. The second-order valence-electron chi connectivity index (χ2n) is 5.33. The Labute approximate surface area is 152 Å². The third kappa shape index (κ3) is 4.08. The standard InChI is InChI=1S/C17H16FN3O2S2/c1-21(8-11-3-4-14(23-2)13(18)7-11)15(22)9-25-17-12-5-6-24-16(12)19-10-20-17/h3-7,10H,8-9H2,1-2H3. The van der Waals surface area contributed by atoms with Crippen LogP contribution < -0.4 is 4.74 Å². The summed E-state index contributed by atoms with van der Waals surface area (Å²) in [4.78, 5) is 23.3. The van der Waals surface area contributed by atoms with E-state index in [4.69, 9.17) is 4.74 Å². The zero-order valence-corrected chi connectivity index (χ0v) is 15.4. The number of aromatic nitrogens is 2. The molecule has 0 N–H and O–H groups in total. The molecule has 3 rings (SSSR count). The number of carbonyl (C=O) groups excluding carboxylic acids is 1. The highest BCUT2D eigenvalue weighted by molar-refractivity contribution is 8.00. The Hall–Kier alpha value is -2.19. The molecule has 0 saturated carbocycles. The first kappa shape index (κ1) is 17.6. The number of thiophene rings is 1. The number of hydrogen-bond acceptors (Lipinski definition) is 6. The smallest absolute Gasteiger partial charge is 0.233 e. The van der Waals surface area contributed by atoms with E-state index in [-0.39, 0.29) is 17.4 Å². The molecule has 130 valence electrons. The van der Waals surface area contributed by atoms with Crippen LogP contribution in [0.4, 0.5) is 4.39 Å². The van der Waals surface area contributed by atoms with Crippen molar-refractivity contribution in [3.63, 3.8) is 0 Å². The number of hydrogen-bond donors (Lipinski definition) is 0. The van der Waals surface area contributed by atoms with E-state index in [0.29, 0.717) is 12.1 Å². The highest BCUT2D eigenvalue weighted by Gasteiger charge is 2.13. The fraction of sp³-hybridized carbons (Fsp3) is 0.235. The van der Waals surface area contributed by atoms with Crippen LogP contribution in [0.25, 0.3) is 10.2 Å². The van der Waals surface area contributed by atoms with Crippen LogP contribution in [0, 0.1) is 5.82 Å². The van der Waals surface area contributed by atoms with Crippen LogP contribution in [-0.2, 0) is 11.3 Å². The van der Waals surface area contributed by atoms with Crippen molar-refractivity contribution in [2.45, 2.75) is 11.6 Å². The summed E-state index contributed by atoms with van der Waals surface area (Å²) in [6, 6.07) is 6.65. The number of carbonyl (C=O) groups is 1. The molecule has 0 bridgehead atoms. The van der Waals surface area contributed by atoms with E-state index in [9.17, 15) is 9.18 Å². The van der Waals surface area contributed by atoms with Crippen LogP contribution in [0.1, 0.15) is 5.56 Å². The Morgan fingerprint density at radius 3 is 2.96 bits per heavy atom. The van der Waals surface area contributed by atoms with Crippen LogP contribution in [0.15, 0.2) is 41.0 Å². The third-order valence-corrected chi connectivity index (χ3v) is 5.43. The van der Waals surface area contributed by atoms with Crippen molar-refractivity contribution in [1.82, 2.24) is 14.9 Å². The molecule has 2 heterocycles. The summed E-state index contributed by atoms with van der Waals surface area (Å²) in [6.07, 6.45) is 1.51. The fourth-order valence-electron chi connectivity index (χ4n) is 2.29. The van der Waals surface area contributed by atoms with Crippen LogP contribution in [0.2, 0.25) is 0 Å². The minimum atomic E-state index is -0.434. The maximum atomic E-state index is 13.7. The number of ether oxygens (including phenoxy) is 1. The van der Waals surface area contributed by atoms with E-state index in [1.54, 1.807) is 35.4 Å². The molecule has 0 spiro atoms. The zero-order chi connectivity index (χ0) is 17.8. The molecule has 0 unspecified atom stereocenters. The van der Waals surface area contributed by atoms with Crippen molar-refractivity contribution in [3.05, 3.63) is 47.4 Å². The predicted molar refractivity (Wildman–Crippen MR) is 97.6 cm³/mol. The number of methoxy groups -OCH3 is 1. The number of nitrogens with zero attached hydrogens (tertiary/aromatic N) is 3. The van der Waals surface area contributed by atoms with E-state index in [1.807, 2.05) is 11.4 Å². The van der Waals surface area contributed by atoms with Gasteiger partial charge in [0.2, 0.25) is 5.91 Å². The van der Waals surface area contributed by atoms with E-state index in [1.165, 1.54) is 31.3 Å². The molecule has 0 aliphatic carbocycles. The fourth-order valence-corrected chi connectivity index (χ4v) is 4.01. The summed E-state index contributed by atoms with van der Waals surface area (Å²) in [5.41, 5.74) is 0.710. The maximum Gasteiger partial charge on any atom is 0.233 e. The SMILES string of the molecule is COc1ccc(CN(C)C(=O)CSc2ncnc3sccc23)cc1F. The summed E-state index contributed by atoms with van der Waals surface area (Å²) in [5.74, 6) is -0.0343. The van der Waals surface area contributed by atoms with Gasteiger partial charge in [-0.3, -0.25) is 4.79 Å². The molecular formula is C17H16FN3O2S2. The van der Waals surface area contributed by atoms with Gasteiger partial charge in [-0.05, 0) is 29.1 Å². The second kappa shape index (κ2) is 7.79. The number of benzene rings is 1. The minimum Gasteiger partial charge on any atom is -0.494 e. The summed E-state index contributed by atoms with van der Waals surface area (Å²) < 4.78 is 18.6. The lowest BCUT2D eigenvalue weighted by molar-refractivity contribution is -0.127. The first-order valence-corrected chi connectivity index (χ1v) is 9.32. The molecule has 0 radical (unpaired) electrons. The van der Waals surface area contributed by atoms with Gasteiger partial charge in [-0.1, -0.05) is 17.8 Å². The van der Waals surface area contributed by atoms with Crippen LogP contribution in [0.5, 0.6) is 5.75 Å². The van der Waals surface area contributed by atoms with E-state index < -0.39 is 5.82 Å². The van der Waals surface area contributed by atoms with Gasteiger partial charge in [0.15, 0.2) is 11.6 Å². The number of rotatable bonds is 6. The molecule has 0 fully saturated rings. The Kier molecular flexibility index (Phi) is 5.50. The van der Waals surface area contributed by atoms with Gasteiger partial charge in [-0.2, -0.15) is 0 Å². The van der Waals surface area contributed by atoms with Crippen molar-refractivity contribution in [1.29, 1.82) is 0 Å². The van der Waals surface area contributed by atoms with Gasteiger partial charge in [0.05, 0.1) is 12.9 Å². The van der Waals surface area contributed by atoms with Crippen molar-refractivity contribution in [3.8, 4) is 5.75 Å². The third-order valence-electron chi connectivity index (χ3n) is 3.62. The van der Waals surface area contributed by atoms with Gasteiger partial charge in [-0.25, -0.2) is 14.4 Å². The Morgan fingerprint density at radius 1 is 1.36 bits per heavy atom. The number of amides is 1. The largest absolute Gasteiger partial charge is 0.494 e. The normalized spacial score (nSPS) is 10.8. The Balaban J connectivity index is 1.61. The summed E-state index contributed by atoms with van der Waals surface area (Å²) >= 11 is 2.92. The molecule has 3 aromatic rings. The average molecular weight is 377 g/mol. The van der Waals surface area contributed by atoms with Crippen molar-refractivity contribution >= 4 is 39.2 Å². The van der Waals surface area contributed by atoms with Crippen molar-refractivity contribution in [2.24, 2.45) is 0 Å². The molecule has 1 aromatic carbocycles. The monoisotopic (exact) mass is 377 g/mol. The van der Waals surface area contributed by atoms with Gasteiger partial charge in [0.25, 0.3) is 0 Å². The lowest BCUT2D eigenvalue weighted by Crippen LogP contribution is -2.27. The molecule has 5 nitrogen and oxygen atoms in total. The first-order valence-electron chi connectivity index (χ1n) is 7.46. The van der Waals surface area contributed by atoms with E-state index >= 15 is 0 Å². The molecule has 1 amide bonds. The van der Waals surface area contributed by atoms with Crippen LogP contribution >= 0.6 is 23.1 Å². The molecule has 25 heavy (non-hydrogen) atoms. The lowest BCUT2D eigenvalue weighted by Gasteiger charge is -2.17. The highest BCUT2D eigenvalue weighted by atomic mass is 32.2. The Bertz CT molecular complexity index is 900. The lowest BCUT2D eigenvalue weighted by atomic mass is 10.2. The van der Waals surface area contributed by atoms with Crippen LogP contribution in [-0.4, -0.2) is 40.7 Å². The molecular weight excluding hydrogens is 361 g/mol.